The summed E-state index contributed by atoms with van der Waals surface area (Å²) in [6.45, 7) is 4.09. The lowest BCUT2D eigenvalue weighted by atomic mass is 10.0. The summed E-state index contributed by atoms with van der Waals surface area (Å²) in [5, 5.41) is 0. The number of hydrogen-bond donors (Lipinski definition) is 1. The molecular formula is C10H18F3NO3S. The first kappa shape index (κ1) is 17.2. The summed E-state index contributed by atoms with van der Waals surface area (Å²) in [7, 11) is -5.55. The molecule has 0 spiro atoms. The molecule has 18 heavy (non-hydrogen) atoms. The lowest BCUT2D eigenvalue weighted by Gasteiger charge is -2.09. The Morgan fingerprint density at radius 1 is 1.17 bits per heavy atom. The molecule has 0 aliphatic rings. The molecule has 0 aromatic rings. The van der Waals surface area contributed by atoms with Gasteiger partial charge >= 0.3 is 15.5 Å². The molecule has 0 bridgehead atoms. The van der Waals surface area contributed by atoms with E-state index >= 15 is 0 Å². The van der Waals surface area contributed by atoms with Gasteiger partial charge in [-0.1, -0.05) is 33.1 Å². The third-order valence-corrected chi connectivity index (χ3v) is 3.34. The van der Waals surface area contributed by atoms with Gasteiger partial charge < -0.3 is 0 Å². The molecule has 0 atom stereocenters. The van der Waals surface area contributed by atoms with E-state index in [2.05, 4.69) is 0 Å². The van der Waals surface area contributed by atoms with Gasteiger partial charge in [0.25, 0.3) is 0 Å². The summed E-state index contributed by atoms with van der Waals surface area (Å²) in [6, 6.07) is 0. The van der Waals surface area contributed by atoms with Crippen LogP contribution in [0.15, 0.2) is 0 Å². The van der Waals surface area contributed by atoms with Gasteiger partial charge in [0.15, 0.2) is 0 Å². The highest BCUT2D eigenvalue weighted by molar-refractivity contribution is 7.90. The van der Waals surface area contributed by atoms with E-state index in [9.17, 15) is 26.4 Å². The average Bonchev–Trinajstić information content (AvgIpc) is 2.13. The molecule has 0 saturated carbocycles. The molecule has 0 aromatic heterocycles. The van der Waals surface area contributed by atoms with E-state index in [1.807, 2.05) is 13.8 Å². The largest absolute Gasteiger partial charge is 0.516 e. The van der Waals surface area contributed by atoms with Gasteiger partial charge in [-0.25, -0.2) is 4.72 Å². The van der Waals surface area contributed by atoms with Gasteiger partial charge in [-0.2, -0.15) is 21.6 Å². The fraction of sp³-hybridized carbons (Fsp3) is 0.900. The Balaban J connectivity index is 3.93. The van der Waals surface area contributed by atoms with Crippen LogP contribution in [0.2, 0.25) is 0 Å². The number of carbonyl (C=O) groups excluding carboxylic acids is 1. The quantitative estimate of drug-likeness (QED) is 0.733. The molecule has 0 fully saturated rings. The molecule has 8 heteroatoms. The maximum atomic E-state index is 11.9. The molecule has 0 heterocycles. The number of carbonyl (C=O) groups is 1. The van der Waals surface area contributed by atoms with Crippen molar-refractivity contribution in [1.29, 1.82) is 0 Å². The molecule has 0 aliphatic heterocycles. The lowest BCUT2D eigenvalue weighted by molar-refractivity contribution is -0.120. The number of hydrogen-bond acceptors (Lipinski definition) is 3. The van der Waals surface area contributed by atoms with Gasteiger partial charge in [0.05, 0.1) is 0 Å². The smallest absolute Gasteiger partial charge is 0.274 e. The summed E-state index contributed by atoms with van der Waals surface area (Å²) in [4.78, 5) is 11.0. The Morgan fingerprint density at radius 2 is 1.72 bits per heavy atom. The van der Waals surface area contributed by atoms with E-state index in [0.717, 1.165) is 17.6 Å². The van der Waals surface area contributed by atoms with Crippen molar-refractivity contribution in [3.05, 3.63) is 0 Å². The first-order valence-electron chi connectivity index (χ1n) is 5.68. The lowest BCUT2D eigenvalue weighted by Crippen LogP contribution is -2.40. The van der Waals surface area contributed by atoms with Crippen LogP contribution < -0.4 is 4.72 Å². The van der Waals surface area contributed by atoms with Crippen LogP contribution in [0.25, 0.3) is 0 Å². The highest BCUT2D eigenvalue weighted by Gasteiger charge is 2.46. The first-order chi connectivity index (χ1) is 8.06. The van der Waals surface area contributed by atoms with Crippen LogP contribution in [0.4, 0.5) is 13.2 Å². The molecule has 1 N–H and O–H groups in total. The second-order valence-corrected chi connectivity index (χ2v) is 6.14. The third-order valence-electron chi connectivity index (χ3n) is 2.24. The zero-order chi connectivity index (χ0) is 14.4. The fourth-order valence-electron chi connectivity index (χ4n) is 1.27. The number of nitrogens with one attached hydrogen (secondary N) is 1. The van der Waals surface area contributed by atoms with Crippen molar-refractivity contribution in [2.45, 2.75) is 51.5 Å². The monoisotopic (exact) mass is 289 g/mol. The summed E-state index contributed by atoms with van der Waals surface area (Å²) in [5.41, 5.74) is -5.44. The predicted octanol–water partition coefficient (Wildman–Crippen LogP) is 2.56. The van der Waals surface area contributed by atoms with Crippen molar-refractivity contribution in [1.82, 2.24) is 4.72 Å². The molecule has 0 radical (unpaired) electrons. The minimum Gasteiger partial charge on any atom is -0.274 e. The number of alkyl halides is 3. The molecule has 0 saturated heterocycles. The van der Waals surface area contributed by atoms with Crippen LogP contribution in [0.1, 0.15) is 46.0 Å². The standard InChI is InChI=1S/C10H18F3NO3S/c1-8(2)6-4-3-5-7-9(15)14-18(16,17)10(11,12)13/h8H,3-7H2,1-2H3,(H,14,15). The van der Waals surface area contributed by atoms with Gasteiger partial charge in [0.1, 0.15) is 0 Å². The summed E-state index contributed by atoms with van der Waals surface area (Å²) in [6.07, 6.45) is 2.70. The maximum absolute atomic E-state index is 11.9. The molecule has 0 rings (SSSR count). The predicted molar refractivity (Wildman–Crippen MR) is 61.0 cm³/mol. The molecule has 1 amide bonds. The summed E-state index contributed by atoms with van der Waals surface area (Å²) < 4.78 is 57.9. The Bertz CT molecular complexity index is 363. The van der Waals surface area contributed by atoms with E-state index in [1.54, 1.807) is 0 Å². The van der Waals surface area contributed by atoms with Gasteiger partial charge in [-0.3, -0.25) is 4.79 Å². The van der Waals surface area contributed by atoms with E-state index in [4.69, 9.17) is 0 Å². The van der Waals surface area contributed by atoms with Crippen molar-refractivity contribution in [2.75, 3.05) is 0 Å². The molecular weight excluding hydrogens is 271 g/mol. The summed E-state index contributed by atoms with van der Waals surface area (Å²) in [5.74, 6) is -0.582. The van der Waals surface area contributed by atoms with Gasteiger partial charge in [0.2, 0.25) is 5.91 Å². The second-order valence-electron chi connectivity index (χ2n) is 4.47. The van der Waals surface area contributed by atoms with Crippen molar-refractivity contribution < 1.29 is 26.4 Å². The van der Waals surface area contributed by atoms with E-state index in [1.165, 1.54) is 0 Å². The van der Waals surface area contributed by atoms with Crippen molar-refractivity contribution in [2.24, 2.45) is 5.92 Å². The van der Waals surface area contributed by atoms with Crippen LogP contribution in [-0.4, -0.2) is 19.8 Å². The van der Waals surface area contributed by atoms with Crippen molar-refractivity contribution in [3.8, 4) is 0 Å². The molecule has 4 nitrogen and oxygen atoms in total. The minimum absolute atomic E-state index is 0.215. The van der Waals surface area contributed by atoms with E-state index in [-0.39, 0.29) is 6.42 Å². The molecule has 0 aromatic carbocycles. The topological polar surface area (TPSA) is 63.2 Å². The van der Waals surface area contributed by atoms with Gasteiger partial charge in [-0.05, 0) is 12.3 Å². The zero-order valence-corrected chi connectivity index (χ0v) is 11.2. The Kier molecular flexibility index (Phi) is 6.66. The van der Waals surface area contributed by atoms with E-state index < -0.39 is 21.4 Å². The number of sulfonamides is 1. The van der Waals surface area contributed by atoms with Gasteiger partial charge in [0, 0.05) is 6.42 Å². The van der Waals surface area contributed by atoms with Crippen LogP contribution >= 0.6 is 0 Å². The van der Waals surface area contributed by atoms with Crippen LogP contribution in [-0.2, 0) is 14.8 Å². The SMILES string of the molecule is CC(C)CCCCCC(=O)NS(=O)(=O)C(F)(F)F. The fourth-order valence-corrected chi connectivity index (χ4v) is 1.79. The Hall–Kier alpha value is -0.790. The maximum Gasteiger partial charge on any atom is 0.516 e. The summed E-state index contributed by atoms with van der Waals surface area (Å²) >= 11 is 0. The second kappa shape index (κ2) is 6.96. The third kappa shape index (κ3) is 6.83. The Labute approximate surface area is 105 Å². The number of rotatable bonds is 7. The van der Waals surface area contributed by atoms with Crippen LogP contribution in [0.3, 0.4) is 0 Å². The molecule has 108 valence electrons. The van der Waals surface area contributed by atoms with Crippen molar-refractivity contribution in [3.63, 3.8) is 0 Å². The molecule has 0 aliphatic carbocycles. The Morgan fingerprint density at radius 3 is 2.17 bits per heavy atom. The van der Waals surface area contributed by atoms with Crippen LogP contribution in [0.5, 0.6) is 0 Å². The normalized spacial score (nSPS) is 12.8. The first-order valence-corrected chi connectivity index (χ1v) is 7.16. The van der Waals surface area contributed by atoms with Gasteiger partial charge in [-0.15, -0.1) is 0 Å². The average molecular weight is 289 g/mol. The zero-order valence-electron chi connectivity index (χ0n) is 10.4. The van der Waals surface area contributed by atoms with Crippen LogP contribution in [0, 0.1) is 5.92 Å². The number of amides is 1. The number of unbranched alkanes of at least 4 members (excludes halogenated alkanes) is 2. The molecule has 0 unspecified atom stereocenters. The minimum atomic E-state index is -5.55. The number of halogens is 3. The highest BCUT2D eigenvalue weighted by atomic mass is 32.2. The highest BCUT2D eigenvalue weighted by Crippen LogP contribution is 2.21. The van der Waals surface area contributed by atoms with Crippen molar-refractivity contribution >= 4 is 15.9 Å². The van der Waals surface area contributed by atoms with E-state index in [0.29, 0.717) is 18.8 Å².